The summed E-state index contributed by atoms with van der Waals surface area (Å²) in [7, 11) is 0. The van der Waals surface area contributed by atoms with Crippen LogP contribution in [0.15, 0.2) is 30.8 Å². The highest BCUT2D eigenvalue weighted by atomic mass is 16.6. The van der Waals surface area contributed by atoms with E-state index in [1.54, 1.807) is 11.0 Å². The zero-order chi connectivity index (χ0) is 11.5. The first-order valence-electron chi connectivity index (χ1n) is 5.36. The van der Waals surface area contributed by atoms with E-state index in [0.29, 0.717) is 13.1 Å². The van der Waals surface area contributed by atoms with Gasteiger partial charge in [0.2, 0.25) is 0 Å². The number of amides is 1. The number of hydrogen-bond donors (Lipinski definition) is 0. The molecule has 2 rings (SSSR count). The second-order valence-electron chi connectivity index (χ2n) is 3.98. The van der Waals surface area contributed by atoms with Gasteiger partial charge in [0.15, 0.2) is 0 Å². The molecular formula is C13H15NO2. The van der Waals surface area contributed by atoms with Gasteiger partial charge in [0.05, 0.1) is 6.54 Å². The van der Waals surface area contributed by atoms with Crippen LogP contribution in [0.25, 0.3) is 6.08 Å². The summed E-state index contributed by atoms with van der Waals surface area (Å²) in [6.07, 6.45) is 1.56. The molecule has 1 aliphatic heterocycles. The molecule has 0 N–H and O–H groups in total. The molecule has 3 heteroatoms. The average Bonchev–Trinajstić information content (AvgIpc) is 2.58. The summed E-state index contributed by atoms with van der Waals surface area (Å²) >= 11 is 0. The number of cyclic esters (lactones) is 1. The third kappa shape index (κ3) is 2.08. The monoisotopic (exact) mass is 217 g/mol. The van der Waals surface area contributed by atoms with Crippen molar-refractivity contribution < 1.29 is 9.53 Å². The maximum Gasteiger partial charge on any atom is 0.410 e. The van der Waals surface area contributed by atoms with Gasteiger partial charge >= 0.3 is 6.09 Å². The quantitative estimate of drug-likeness (QED) is 0.779. The van der Waals surface area contributed by atoms with Crippen LogP contribution in [0, 0.1) is 0 Å². The van der Waals surface area contributed by atoms with Crippen LogP contribution < -0.4 is 0 Å². The van der Waals surface area contributed by atoms with Gasteiger partial charge < -0.3 is 9.64 Å². The minimum atomic E-state index is -0.230. The SMILES string of the molecule is C=Cc1ccccc1CN1CC(C)OC1=O. The summed E-state index contributed by atoms with van der Waals surface area (Å²) in [5.74, 6) is 0. The van der Waals surface area contributed by atoms with E-state index in [1.165, 1.54) is 0 Å². The van der Waals surface area contributed by atoms with E-state index in [2.05, 4.69) is 6.58 Å². The Balaban J connectivity index is 2.15. The number of ether oxygens (including phenoxy) is 1. The van der Waals surface area contributed by atoms with Crippen molar-refractivity contribution in [2.75, 3.05) is 6.54 Å². The number of rotatable bonds is 3. The second kappa shape index (κ2) is 4.39. The van der Waals surface area contributed by atoms with Gasteiger partial charge in [-0.1, -0.05) is 36.9 Å². The molecule has 1 aromatic rings. The summed E-state index contributed by atoms with van der Waals surface area (Å²) in [5, 5.41) is 0. The lowest BCUT2D eigenvalue weighted by Crippen LogP contribution is -2.24. The molecule has 1 unspecified atom stereocenters. The number of carbonyl (C=O) groups is 1. The standard InChI is InChI=1S/C13H15NO2/c1-3-11-6-4-5-7-12(11)9-14-8-10(2)16-13(14)15/h3-7,10H,1,8-9H2,2H3. The van der Waals surface area contributed by atoms with Crippen LogP contribution in [0.4, 0.5) is 4.79 Å². The van der Waals surface area contributed by atoms with Gasteiger partial charge in [0.1, 0.15) is 6.10 Å². The number of hydrogen-bond acceptors (Lipinski definition) is 2. The summed E-state index contributed by atoms with van der Waals surface area (Å²) in [6, 6.07) is 7.93. The van der Waals surface area contributed by atoms with Crippen LogP contribution in [0.3, 0.4) is 0 Å². The topological polar surface area (TPSA) is 29.5 Å². The lowest BCUT2D eigenvalue weighted by Gasteiger charge is -2.14. The van der Waals surface area contributed by atoms with Crippen LogP contribution in [-0.2, 0) is 11.3 Å². The minimum absolute atomic E-state index is 0.0107. The van der Waals surface area contributed by atoms with Crippen LogP contribution in [0.5, 0.6) is 0 Å². The van der Waals surface area contributed by atoms with Crippen molar-refractivity contribution in [2.45, 2.75) is 19.6 Å². The van der Waals surface area contributed by atoms with Crippen molar-refractivity contribution in [3.8, 4) is 0 Å². The smallest absolute Gasteiger partial charge is 0.410 e. The second-order valence-corrected chi connectivity index (χ2v) is 3.98. The van der Waals surface area contributed by atoms with E-state index in [4.69, 9.17) is 4.74 Å². The van der Waals surface area contributed by atoms with Crippen molar-refractivity contribution in [3.05, 3.63) is 42.0 Å². The minimum Gasteiger partial charge on any atom is -0.444 e. The lowest BCUT2D eigenvalue weighted by molar-refractivity contribution is 0.137. The Labute approximate surface area is 95.3 Å². The van der Waals surface area contributed by atoms with Crippen LogP contribution in [0.1, 0.15) is 18.1 Å². The van der Waals surface area contributed by atoms with Gasteiger partial charge in [-0.15, -0.1) is 0 Å². The van der Waals surface area contributed by atoms with E-state index in [0.717, 1.165) is 11.1 Å². The fourth-order valence-electron chi connectivity index (χ4n) is 1.88. The van der Waals surface area contributed by atoms with Crippen LogP contribution >= 0.6 is 0 Å². The number of benzene rings is 1. The van der Waals surface area contributed by atoms with Gasteiger partial charge in [-0.05, 0) is 18.1 Å². The molecule has 0 radical (unpaired) electrons. The molecular weight excluding hydrogens is 202 g/mol. The lowest BCUT2D eigenvalue weighted by atomic mass is 10.1. The van der Waals surface area contributed by atoms with Gasteiger partial charge in [-0.3, -0.25) is 0 Å². The van der Waals surface area contributed by atoms with Gasteiger partial charge in [-0.25, -0.2) is 4.79 Å². The number of nitrogens with zero attached hydrogens (tertiary/aromatic N) is 1. The van der Waals surface area contributed by atoms with Crippen molar-refractivity contribution in [3.63, 3.8) is 0 Å². The largest absolute Gasteiger partial charge is 0.444 e. The molecule has 1 fully saturated rings. The molecule has 1 atom stereocenters. The average molecular weight is 217 g/mol. The first-order chi connectivity index (χ1) is 7.70. The molecule has 1 aliphatic rings. The van der Waals surface area contributed by atoms with Crippen molar-refractivity contribution in [1.82, 2.24) is 4.90 Å². The summed E-state index contributed by atoms with van der Waals surface area (Å²) in [4.78, 5) is 13.2. The summed E-state index contributed by atoms with van der Waals surface area (Å²) in [6.45, 7) is 6.91. The van der Waals surface area contributed by atoms with Gasteiger partial charge in [-0.2, -0.15) is 0 Å². The molecule has 16 heavy (non-hydrogen) atoms. The summed E-state index contributed by atoms with van der Waals surface area (Å²) in [5.41, 5.74) is 2.17. The third-order valence-electron chi connectivity index (χ3n) is 2.67. The highest BCUT2D eigenvalue weighted by Crippen LogP contribution is 2.17. The molecule has 0 saturated carbocycles. The van der Waals surface area contributed by atoms with Crippen LogP contribution in [-0.4, -0.2) is 23.6 Å². The molecule has 3 nitrogen and oxygen atoms in total. The van der Waals surface area contributed by atoms with E-state index in [-0.39, 0.29) is 12.2 Å². The normalized spacial score (nSPS) is 19.7. The van der Waals surface area contributed by atoms with Gasteiger partial charge in [0, 0.05) is 6.54 Å². The first-order valence-corrected chi connectivity index (χ1v) is 5.36. The Morgan fingerprint density at radius 3 is 2.94 bits per heavy atom. The highest BCUT2D eigenvalue weighted by molar-refractivity contribution is 5.70. The van der Waals surface area contributed by atoms with E-state index in [9.17, 15) is 4.79 Å². The third-order valence-corrected chi connectivity index (χ3v) is 2.67. The summed E-state index contributed by atoms with van der Waals surface area (Å²) < 4.78 is 5.08. The highest BCUT2D eigenvalue weighted by Gasteiger charge is 2.28. The fraction of sp³-hybridized carbons (Fsp3) is 0.308. The molecule has 1 heterocycles. The Morgan fingerprint density at radius 2 is 2.31 bits per heavy atom. The van der Waals surface area contributed by atoms with E-state index >= 15 is 0 Å². The zero-order valence-corrected chi connectivity index (χ0v) is 9.35. The van der Waals surface area contributed by atoms with Crippen LogP contribution in [0.2, 0.25) is 0 Å². The number of carbonyl (C=O) groups excluding carboxylic acids is 1. The Hall–Kier alpha value is -1.77. The molecule has 1 amide bonds. The Bertz CT molecular complexity index is 414. The van der Waals surface area contributed by atoms with E-state index < -0.39 is 0 Å². The zero-order valence-electron chi connectivity index (χ0n) is 9.35. The molecule has 0 spiro atoms. The van der Waals surface area contributed by atoms with E-state index in [1.807, 2.05) is 31.2 Å². The molecule has 1 aromatic carbocycles. The molecule has 0 aromatic heterocycles. The predicted molar refractivity (Wildman–Crippen MR) is 62.9 cm³/mol. The fourth-order valence-corrected chi connectivity index (χ4v) is 1.88. The molecule has 1 saturated heterocycles. The predicted octanol–water partition coefficient (Wildman–Crippen LogP) is 2.67. The van der Waals surface area contributed by atoms with Gasteiger partial charge in [0.25, 0.3) is 0 Å². The molecule has 0 aliphatic carbocycles. The maximum atomic E-state index is 11.5. The van der Waals surface area contributed by atoms with Crippen molar-refractivity contribution in [2.24, 2.45) is 0 Å². The molecule has 0 bridgehead atoms. The molecule has 84 valence electrons. The van der Waals surface area contributed by atoms with Crippen molar-refractivity contribution >= 4 is 12.2 Å². The maximum absolute atomic E-state index is 11.5. The van der Waals surface area contributed by atoms with Crippen molar-refractivity contribution in [1.29, 1.82) is 0 Å². The Kier molecular flexibility index (Phi) is 2.95. The Morgan fingerprint density at radius 1 is 1.56 bits per heavy atom. The first kappa shape index (κ1) is 10.7.